The van der Waals surface area contributed by atoms with Crippen molar-refractivity contribution in [3.8, 4) is 0 Å². The van der Waals surface area contributed by atoms with Crippen molar-refractivity contribution < 1.29 is 8.42 Å². The van der Waals surface area contributed by atoms with E-state index in [1.807, 2.05) is 26.2 Å². The largest absolute Gasteiger partial charge is 0.316 e. The van der Waals surface area contributed by atoms with E-state index >= 15 is 0 Å². The van der Waals surface area contributed by atoms with Gasteiger partial charge in [-0.1, -0.05) is 6.07 Å². The number of sulfonamides is 1. The molecule has 0 spiro atoms. The second-order valence-corrected chi connectivity index (χ2v) is 8.12. The molecule has 1 aromatic carbocycles. The lowest BCUT2D eigenvalue weighted by Gasteiger charge is -2.21. The SMILES string of the molecule is CNCc1ccc(Br)c(S(=O)(=O)N2CCCN(C)CC2)c1. The summed E-state index contributed by atoms with van der Waals surface area (Å²) < 4.78 is 28.0. The third-order valence-electron chi connectivity index (χ3n) is 3.67. The van der Waals surface area contributed by atoms with E-state index in [4.69, 9.17) is 0 Å². The van der Waals surface area contributed by atoms with Gasteiger partial charge in [0.15, 0.2) is 0 Å². The van der Waals surface area contributed by atoms with Gasteiger partial charge in [-0.3, -0.25) is 0 Å². The van der Waals surface area contributed by atoms with Crippen LogP contribution >= 0.6 is 15.9 Å². The average Bonchev–Trinajstić information content (AvgIpc) is 2.66. The maximum Gasteiger partial charge on any atom is 0.244 e. The first-order valence-corrected chi connectivity index (χ1v) is 9.30. The summed E-state index contributed by atoms with van der Waals surface area (Å²) in [4.78, 5) is 2.53. The highest BCUT2D eigenvalue weighted by Gasteiger charge is 2.28. The van der Waals surface area contributed by atoms with Gasteiger partial charge in [-0.15, -0.1) is 0 Å². The van der Waals surface area contributed by atoms with Gasteiger partial charge in [0.1, 0.15) is 0 Å². The molecular formula is C14H22BrN3O2S. The molecule has 1 aromatic rings. The second-order valence-electron chi connectivity index (χ2n) is 5.36. The lowest BCUT2D eigenvalue weighted by molar-refractivity contribution is 0.347. The van der Waals surface area contributed by atoms with Crippen LogP contribution in [0.4, 0.5) is 0 Å². The highest BCUT2D eigenvalue weighted by molar-refractivity contribution is 9.10. The molecule has 21 heavy (non-hydrogen) atoms. The Morgan fingerprint density at radius 1 is 1.24 bits per heavy atom. The van der Waals surface area contributed by atoms with E-state index in [0.717, 1.165) is 25.1 Å². The van der Waals surface area contributed by atoms with E-state index in [-0.39, 0.29) is 0 Å². The fourth-order valence-electron chi connectivity index (χ4n) is 2.46. The van der Waals surface area contributed by atoms with Gasteiger partial charge in [-0.2, -0.15) is 4.31 Å². The molecule has 0 aromatic heterocycles. The molecule has 0 unspecified atom stereocenters. The Balaban J connectivity index is 2.32. The highest BCUT2D eigenvalue weighted by Crippen LogP contribution is 2.27. The summed E-state index contributed by atoms with van der Waals surface area (Å²) in [6.45, 7) is 3.48. The van der Waals surface area contributed by atoms with Crippen molar-refractivity contribution in [2.75, 3.05) is 40.3 Å². The van der Waals surface area contributed by atoms with E-state index in [1.165, 1.54) is 0 Å². The normalized spacial score (nSPS) is 18.6. The number of likely N-dealkylation sites (N-methyl/N-ethyl adjacent to an activating group) is 1. The van der Waals surface area contributed by atoms with Crippen LogP contribution in [0.15, 0.2) is 27.6 Å². The second kappa shape index (κ2) is 7.19. The summed E-state index contributed by atoms with van der Waals surface area (Å²) in [5.41, 5.74) is 0.964. The monoisotopic (exact) mass is 375 g/mol. The van der Waals surface area contributed by atoms with Crippen molar-refractivity contribution >= 4 is 26.0 Å². The van der Waals surface area contributed by atoms with Gasteiger partial charge in [0.2, 0.25) is 10.0 Å². The standard InChI is InChI=1S/C14H22BrN3O2S/c1-16-11-12-4-5-13(15)14(10-12)21(19,20)18-7-3-6-17(2)8-9-18/h4-5,10,16H,3,6-9,11H2,1-2H3. The van der Waals surface area contributed by atoms with E-state index in [1.54, 1.807) is 10.4 Å². The summed E-state index contributed by atoms with van der Waals surface area (Å²) in [6.07, 6.45) is 0.865. The van der Waals surface area contributed by atoms with Gasteiger partial charge in [0.25, 0.3) is 0 Å². The Morgan fingerprint density at radius 2 is 2.00 bits per heavy atom. The zero-order valence-corrected chi connectivity index (χ0v) is 14.9. The number of rotatable bonds is 4. The first-order chi connectivity index (χ1) is 9.95. The molecule has 0 saturated carbocycles. The van der Waals surface area contributed by atoms with Crippen LogP contribution in [0.3, 0.4) is 0 Å². The van der Waals surface area contributed by atoms with Crippen molar-refractivity contribution in [1.82, 2.24) is 14.5 Å². The van der Waals surface area contributed by atoms with Gasteiger partial charge < -0.3 is 10.2 Å². The molecule has 1 heterocycles. The van der Waals surface area contributed by atoms with Crippen molar-refractivity contribution in [3.05, 3.63) is 28.2 Å². The number of hydrogen-bond donors (Lipinski definition) is 1. The Kier molecular flexibility index (Phi) is 5.79. The molecule has 2 rings (SSSR count). The van der Waals surface area contributed by atoms with Gasteiger partial charge in [-0.05, 0) is 60.7 Å². The Bertz CT molecular complexity index is 592. The van der Waals surface area contributed by atoms with Gasteiger partial charge in [0, 0.05) is 30.7 Å². The van der Waals surface area contributed by atoms with Crippen LogP contribution in [0, 0.1) is 0 Å². The average molecular weight is 376 g/mol. The van der Waals surface area contributed by atoms with Crippen LogP contribution in [0.5, 0.6) is 0 Å². The molecule has 1 aliphatic rings. The molecule has 7 heteroatoms. The summed E-state index contributed by atoms with van der Waals surface area (Å²) >= 11 is 3.38. The first kappa shape index (κ1) is 16.9. The minimum Gasteiger partial charge on any atom is -0.316 e. The molecule has 1 aliphatic heterocycles. The predicted octanol–water partition coefficient (Wildman–Crippen LogP) is 1.49. The van der Waals surface area contributed by atoms with E-state index in [0.29, 0.717) is 29.0 Å². The Morgan fingerprint density at radius 3 is 2.71 bits per heavy atom. The zero-order valence-electron chi connectivity index (χ0n) is 12.5. The maximum atomic E-state index is 12.9. The summed E-state index contributed by atoms with van der Waals surface area (Å²) in [7, 11) is 0.427. The number of hydrogen-bond acceptors (Lipinski definition) is 4. The van der Waals surface area contributed by atoms with E-state index in [9.17, 15) is 8.42 Å². The molecule has 0 radical (unpaired) electrons. The van der Waals surface area contributed by atoms with Crippen molar-refractivity contribution in [3.63, 3.8) is 0 Å². The quantitative estimate of drug-likeness (QED) is 0.865. The first-order valence-electron chi connectivity index (χ1n) is 7.07. The van der Waals surface area contributed by atoms with Crippen LogP contribution in [0.2, 0.25) is 0 Å². The minimum atomic E-state index is -3.45. The molecule has 118 valence electrons. The van der Waals surface area contributed by atoms with Crippen molar-refractivity contribution in [1.29, 1.82) is 0 Å². The van der Waals surface area contributed by atoms with Gasteiger partial charge in [-0.25, -0.2) is 8.42 Å². The fourth-order valence-corrected chi connectivity index (χ4v) is 4.91. The lowest BCUT2D eigenvalue weighted by Crippen LogP contribution is -2.34. The molecular weight excluding hydrogens is 354 g/mol. The van der Waals surface area contributed by atoms with Crippen LogP contribution in [0.25, 0.3) is 0 Å². The third kappa shape index (κ3) is 4.04. The predicted molar refractivity (Wildman–Crippen MR) is 87.8 cm³/mol. The maximum absolute atomic E-state index is 12.9. The van der Waals surface area contributed by atoms with Crippen LogP contribution in [-0.2, 0) is 16.6 Å². The molecule has 5 nitrogen and oxygen atoms in total. The summed E-state index contributed by atoms with van der Waals surface area (Å²) in [6, 6.07) is 5.49. The van der Waals surface area contributed by atoms with Crippen molar-refractivity contribution in [2.24, 2.45) is 0 Å². The van der Waals surface area contributed by atoms with Gasteiger partial charge >= 0.3 is 0 Å². The summed E-state index contributed by atoms with van der Waals surface area (Å²) in [5.74, 6) is 0. The molecule has 0 atom stereocenters. The Hall–Kier alpha value is -0.470. The molecule has 0 bridgehead atoms. The molecule has 0 amide bonds. The molecule has 1 saturated heterocycles. The van der Waals surface area contributed by atoms with Crippen LogP contribution < -0.4 is 5.32 Å². The number of nitrogens with one attached hydrogen (secondary N) is 1. The third-order valence-corrected chi connectivity index (χ3v) is 6.57. The Labute approximate surface area is 135 Å². The fraction of sp³-hybridized carbons (Fsp3) is 0.571. The van der Waals surface area contributed by atoms with Crippen LogP contribution in [0.1, 0.15) is 12.0 Å². The highest BCUT2D eigenvalue weighted by atomic mass is 79.9. The lowest BCUT2D eigenvalue weighted by atomic mass is 10.2. The topological polar surface area (TPSA) is 52.7 Å². The van der Waals surface area contributed by atoms with Gasteiger partial charge in [0.05, 0.1) is 4.90 Å². The number of benzene rings is 1. The zero-order chi connectivity index (χ0) is 15.5. The van der Waals surface area contributed by atoms with Crippen LogP contribution in [-0.4, -0.2) is 57.9 Å². The van der Waals surface area contributed by atoms with E-state index < -0.39 is 10.0 Å². The molecule has 1 N–H and O–H groups in total. The van der Waals surface area contributed by atoms with E-state index in [2.05, 4.69) is 26.1 Å². The summed E-state index contributed by atoms with van der Waals surface area (Å²) in [5, 5.41) is 3.05. The number of halogens is 1. The molecule has 0 aliphatic carbocycles. The number of nitrogens with zero attached hydrogens (tertiary/aromatic N) is 2. The minimum absolute atomic E-state index is 0.361. The van der Waals surface area contributed by atoms with Crippen molar-refractivity contribution in [2.45, 2.75) is 17.9 Å². The smallest absolute Gasteiger partial charge is 0.244 e. The molecule has 1 fully saturated rings.